The van der Waals surface area contributed by atoms with Gasteiger partial charge in [-0.05, 0) is 64.1 Å². The van der Waals surface area contributed by atoms with Gasteiger partial charge in [-0.15, -0.1) is 0 Å². The van der Waals surface area contributed by atoms with E-state index in [2.05, 4.69) is 24.0 Å². The molecule has 0 aliphatic carbocycles. The first-order valence-electron chi connectivity index (χ1n) is 8.86. The van der Waals surface area contributed by atoms with Crippen LogP contribution in [0.3, 0.4) is 0 Å². The van der Waals surface area contributed by atoms with Gasteiger partial charge in [0.05, 0.1) is 12.1 Å². The van der Waals surface area contributed by atoms with Crippen molar-refractivity contribution in [1.29, 1.82) is 0 Å². The molecule has 0 spiro atoms. The Hall–Kier alpha value is -1.39. The Bertz CT molecular complexity index is 541. The molecule has 3 unspecified atom stereocenters. The summed E-state index contributed by atoms with van der Waals surface area (Å²) in [5.41, 5.74) is 2.22. The van der Waals surface area contributed by atoms with Crippen LogP contribution in [0.25, 0.3) is 0 Å². The second-order valence-corrected chi connectivity index (χ2v) is 7.12. The molecule has 1 amide bonds. The zero-order valence-electron chi connectivity index (χ0n) is 14.2. The molecule has 0 saturated carbocycles. The number of rotatable bonds is 3. The molecule has 4 nitrogen and oxygen atoms in total. The molecule has 2 saturated heterocycles. The van der Waals surface area contributed by atoms with Crippen molar-refractivity contribution >= 4 is 11.6 Å². The number of aliphatic hydroxyl groups excluding tert-OH is 1. The first kappa shape index (κ1) is 16.5. The van der Waals surface area contributed by atoms with Crippen molar-refractivity contribution in [2.45, 2.75) is 51.7 Å². The van der Waals surface area contributed by atoms with Crippen LogP contribution in [-0.4, -0.2) is 47.7 Å². The fourth-order valence-electron chi connectivity index (χ4n) is 3.89. The summed E-state index contributed by atoms with van der Waals surface area (Å²) >= 11 is 0. The molecule has 2 heterocycles. The number of nitrogens with zero attached hydrogens (tertiary/aromatic N) is 2. The van der Waals surface area contributed by atoms with E-state index in [4.69, 9.17) is 0 Å². The molecule has 126 valence electrons. The highest BCUT2D eigenvalue weighted by atomic mass is 16.3. The van der Waals surface area contributed by atoms with Crippen LogP contribution in [0.15, 0.2) is 24.3 Å². The topological polar surface area (TPSA) is 43.8 Å². The van der Waals surface area contributed by atoms with Gasteiger partial charge in [0.2, 0.25) is 5.91 Å². The van der Waals surface area contributed by atoms with Gasteiger partial charge in [-0.2, -0.15) is 0 Å². The SMILES string of the molecule is Cc1ccc(N2CCCC(N3CCCC(C(C)O)C3)C2=O)cc1. The van der Waals surface area contributed by atoms with Gasteiger partial charge in [-0.25, -0.2) is 0 Å². The molecule has 3 atom stereocenters. The number of hydrogen-bond acceptors (Lipinski definition) is 3. The molecule has 4 heteroatoms. The van der Waals surface area contributed by atoms with Crippen LogP contribution < -0.4 is 4.90 Å². The third kappa shape index (κ3) is 3.59. The van der Waals surface area contributed by atoms with Gasteiger partial charge < -0.3 is 10.0 Å². The van der Waals surface area contributed by atoms with Crippen LogP contribution >= 0.6 is 0 Å². The molecule has 2 fully saturated rings. The standard InChI is InChI=1S/C19H28N2O2/c1-14-7-9-17(10-8-14)21-12-4-6-18(19(21)23)20-11-3-5-16(13-20)15(2)22/h7-10,15-16,18,22H,3-6,11-13H2,1-2H3. The zero-order valence-corrected chi connectivity index (χ0v) is 14.2. The molecule has 0 aromatic heterocycles. The zero-order chi connectivity index (χ0) is 16.4. The van der Waals surface area contributed by atoms with E-state index in [1.165, 1.54) is 5.56 Å². The van der Waals surface area contributed by atoms with Gasteiger partial charge >= 0.3 is 0 Å². The van der Waals surface area contributed by atoms with Gasteiger partial charge in [0.25, 0.3) is 0 Å². The lowest BCUT2D eigenvalue weighted by molar-refractivity contribution is -0.126. The molecule has 0 bridgehead atoms. The van der Waals surface area contributed by atoms with Crippen molar-refractivity contribution in [3.63, 3.8) is 0 Å². The van der Waals surface area contributed by atoms with Gasteiger partial charge in [-0.3, -0.25) is 9.69 Å². The molecule has 1 N–H and O–H groups in total. The number of aliphatic hydroxyl groups is 1. The van der Waals surface area contributed by atoms with E-state index in [1.807, 2.05) is 24.0 Å². The average Bonchev–Trinajstić information content (AvgIpc) is 2.56. The molecule has 1 aromatic carbocycles. The van der Waals surface area contributed by atoms with E-state index in [0.717, 1.165) is 51.0 Å². The monoisotopic (exact) mass is 316 g/mol. The second-order valence-electron chi connectivity index (χ2n) is 7.12. The second kappa shape index (κ2) is 7.02. The van der Waals surface area contributed by atoms with Gasteiger partial charge in [-0.1, -0.05) is 17.7 Å². The summed E-state index contributed by atoms with van der Waals surface area (Å²) in [6, 6.07) is 8.20. The van der Waals surface area contributed by atoms with Gasteiger partial charge in [0.15, 0.2) is 0 Å². The summed E-state index contributed by atoms with van der Waals surface area (Å²) in [4.78, 5) is 17.3. The Kier molecular flexibility index (Phi) is 5.02. The fourth-order valence-corrected chi connectivity index (χ4v) is 3.89. The van der Waals surface area contributed by atoms with E-state index >= 15 is 0 Å². The largest absolute Gasteiger partial charge is 0.393 e. The summed E-state index contributed by atoms with van der Waals surface area (Å²) in [7, 11) is 0. The maximum absolute atomic E-state index is 13.0. The third-order valence-electron chi connectivity index (χ3n) is 5.37. The van der Waals surface area contributed by atoms with E-state index < -0.39 is 0 Å². The van der Waals surface area contributed by atoms with Crippen LogP contribution in [0.2, 0.25) is 0 Å². The van der Waals surface area contributed by atoms with E-state index in [9.17, 15) is 9.90 Å². The quantitative estimate of drug-likeness (QED) is 0.932. The first-order chi connectivity index (χ1) is 11.1. The van der Waals surface area contributed by atoms with E-state index in [0.29, 0.717) is 5.92 Å². The highest BCUT2D eigenvalue weighted by Crippen LogP contribution is 2.28. The van der Waals surface area contributed by atoms with Gasteiger partial charge in [0, 0.05) is 18.8 Å². The lowest BCUT2D eigenvalue weighted by atomic mass is 9.90. The molecule has 2 aliphatic heterocycles. The third-order valence-corrected chi connectivity index (χ3v) is 5.37. The maximum atomic E-state index is 13.0. The summed E-state index contributed by atoms with van der Waals surface area (Å²) < 4.78 is 0. The lowest BCUT2D eigenvalue weighted by Gasteiger charge is -2.42. The number of aryl methyl sites for hydroxylation is 1. The van der Waals surface area contributed by atoms with Crippen LogP contribution in [0.5, 0.6) is 0 Å². The Morgan fingerprint density at radius 1 is 1.13 bits per heavy atom. The van der Waals surface area contributed by atoms with Crippen molar-refractivity contribution in [2.75, 3.05) is 24.5 Å². The van der Waals surface area contributed by atoms with E-state index in [-0.39, 0.29) is 18.1 Å². The number of hydrogen-bond donors (Lipinski definition) is 1. The summed E-state index contributed by atoms with van der Waals surface area (Å²) in [5.74, 6) is 0.526. The number of piperidine rings is 2. The van der Waals surface area contributed by atoms with Crippen molar-refractivity contribution in [2.24, 2.45) is 5.92 Å². The molecule has 3 rings (SSSR count). The number of carbonyl (C=O) groups is 1. The fraction of sp³-hybridized carbons (Fsp3) is 0.632. The summed E-state index contributed by atoms with van der Waals surface area (Å²) in [6.45, 7) is 6.56. The first-order valence-corrected chi connectivity index (χ1v) is 8.86. The Morgan fingerprint density at radius 2 is 1.83 bits per heavy atom. The van der Waals surface area contributed by atoms with Crippen molar-refractivity contribution < 1.29 is 9.90 Å². The Labute approximate surface area is 139 Å². The van der Waals surface area contributed by atoms with Crippen LogP contribution in [-0.2, 0) is 4.79 Å². The molecule has 1 aromatic rings. The minimum absolute atomic E-state index is 0.0217. The van der Waals surface area contributed by atoms with Crippen molar-refractivity contribution in [3.8, 4) is 0 Å². The molecule has 23 heavy (non-hydrogen) atoms. The van der Waals surface area contributed by atoms with Crippen LogP contribution in [0.1, 0.15) is 38.2 Å². The summed E-state index contributed by atoms with van der Waals surface area (Å²) in [6.07, 6.45) is 3.83. The lowest BCUT2D eigenvalue weighted by Crippen LogP contribution is -2.55. The Balaban J connectivity index is 1.73. The van der Waals surface area contributed by atoms with Crippen molar-refractivity contribution in [1.82, 2.24) is 4.90 Å². The predicted molar refractivity (Wildman–Crippen MR) is 92.5 cm³/mol. The number of likely N-dealkylation sites (tertiary alicyclic amines) is 1. The van der Waals surface area contributed by atoms with Gasteiger partial charge in [0.1, 0.15) is 0 Å². The highest BCUT2D eigenvalue weighted by Gasteiger charge is 2.36. The molecule has 2 aliphatic rings. The average molecular weight is 316 g/mol. The Morgan fingerprint density at radius 3 is 2.52 bits per heavy atom. The minimum atomic E-state index is -0.287. The van der Waals surface area contributed by atoms with E-state index in [1.54, 1.807) is 0 Å². The number of amides is 1. The number of benzene rings is 1. The predicted octanol–water partition coefficient (Wildman–Crippen LogP) is 2.58. The van der Waals surface area contributed by atoms with Crippen LogP contribution in [0.4, 0.5) is 5.69 Å². The number of anilines is 1. The smallest absolute Gasteiger partial charge is 0.244 e. The van der Waals surface area contributed by atoms with Crippen LogP contribution in [0, 0.1) is 12.8 Å². The molecular weight excluding hydrogens is 288 g/mol. The molecule has 0 radical (unpaired) electrons. The maximum Gasteiger partial charge on any atom is 0.244 e. The normalized spacial score (nSPS) is 28.0. The highest BCUT2D eigenvalue weighted by molar-refractivity contribution is 5.97. The van der Waals surface area contributed by atoms with Crippen molar-refractivity contribution in [3.05, 3.63) is 29.8 Å². The molecular formula is C19H28N2O2. The summed E-state index contributed by atoms with van der Waals surface area (Å²) in [5, 5.41) is 9.89. The minimum Gasteiger partial charge on any atom is -0.393 e. The number of carbonyl (C=O) groups excluding carboxylic acids is 1.